The molecule has 0 bridgehead atoms. The second-order valence-corrected chi connectivity index (χ2v) is 14.9. The maximum Gasteiger partial charge on any atom is 0.139 e. The fourth-order valence-corrected chi connectivity index (χ4v) is 7.26. The first-order chi connectivity index (χ1) is 21.3. The first-order valence-corrected chi connectivity index (χ1v) is 21.3. The minimum atomic E-state index is 1.04. The summed E-state index contributed by atoms with van der Waals surface area (Å²) in [6, 6.07) is 0. The van der Waals surface area contributed by atoms with Crippen molar-refractivity contribution in [1.82, 2.24) is 0 Å². The fourth-order valence-electron chi connectivity index (χ4n) is 7.26. The summed E-state index contributed by atoms with van der Waals surface area (Å²) in [6.07, 6.45) is 57.8. The zero-order valence-electron chi connectivity index (χ0n) is 31.2. The van der Waals surface area contributed by atoms with Gasteiger partial charge in [-0.2, -0.15) is 0 Å². The number of hydrogen-bond acceptors (Lipinski definition) is 0. The molecule has 0 fully saturated rings. The Hall–Kier alpha value is 0.0649. The third-order valence-electron chi connectivity index (χ3n) is 10.4. The van der Waals surface area contributed by atoms with Crippen LogP contribution in [0.2, 0.25) is 19.0 Å². The zero-order valence-corrected chi connectivity index (χ0v) is 31.2. The van der Waals surface area contributed by atoms with E-state index in [-0.39, 0.29) is 0 Å². The summed E-state index contributed by atoms with van der Waals surface area (Å²) < 4.78 is 0. The SMILES string of the molecule is CCCCCCCCCCCCCCB(CCCCCCCCCCCCCC)CCCCCCCCCCCCCC. The van der Waals surface area contributed by atoms with Gasteiger partial charge < -0.3 is 0 Å². The molecular weight excluding hydrogens is 515 g/mol. The normalized spacial score (nSPS) is 11.5. The lowest BCUT2D eigenvalue weighted by molar-refractivity contribution is 0.544. The molecule has 0 unspecified atom stereocenters. The van der Waals surface area contributed by atoms with Gasteiger partial charge in [-0.1, -0.05) is 271 Å². The molecule has 0 atom stereocenters. The van der Waals surface area contributed by atoms with Gasteiger partial charge in [0.25, 0.3) is 0 Å². The van der Waals surface area contributed by atoms with Crippen molar-refractivity contribution in [1.29, 1.82) is 0 Å². The number of rotatable bonds is 39. The van der Waals surface area contributed by atoms with Crippen molar-refractivity contribution in [3.63, 3.8) is 0 Å². The second kappa shape index (κ2) is 40.1. The summed E-state index contributed by atoms with van der Waals surface area (Å²) in [5.41, 5.74) is 0. The van der Waals surface area contributed by atoms with Crippen LogP contribution in [0.25, 0.3) is 0 Å². The molecule has 1 heteroatoms. The maximum atomic E-state index is 2.32. The molecule has 0 aliphatic rings. The van der Waals surface area contributed by atoms with Crippen LogP contribution in [0.1, 0.15) is 252 Å². The molecule has 0 rings (SSSR count). The molecule has 0 aliphatic heterocycles. The van der Waals surface area contributed by atoms with E-state index in [1.165, 1.54) is 250 Å². The van der Waals surface area contributed by atoms with Crippen LogP contribution in [0, 0.1) is 0 Å². The predicted octanol–water partition coefficient (Wildman–Crippen LogP) is 16.6. The monoisotopic (exact) mass is 603 g/mol. The number of unbranched alkanes of at least 4 members (excludes halogenated alkanes) is 33. The zero-order chi connectivity index (χ0) is 31.2. The van der Waals surface area contributed by atoms with E-state index in [0.29, 0.717) is 0 Å². The van der Waals surface area contributed by atoms with Gasteiger partial charge in [0.15, 0.2) is 0 Å². The molecule has 0 radical (unpaired) electrons. The van der Waals surface area contributed by atoms with Gasteiger partial charge in [-0.15, -0.1) is 0 Å². The van der Waals surface area contributed by atoms with Crippen LogP contribution in [0.5, 0.6) is 0 Å². The van der Waals surface area contributed by atoms with E-state index >= 15 is 0 Å². The molecule has 0 saturated carbocycles. The van der Waals surface area contributed by atoms with E-state index in [1.807, 2.05) is 0 Å². The minimum Gasteiger partial charge on any atom is -0.0741 e. The van der Waals surface area contributed by atoms with Crippen molar-refractivity contribution in [3.05, 3.63) is 0 Å². The van der Waals surface area contributed by atoms with Crippen LogP contribution in [0.3, 0.4) is 0 Å². The number of hydrogen-bond donors (Lipinski definition) is 0. The first kappa shape index (κ1) is 43.1. The molecule has 0 aromatic carbocycles. The van der Waals surface area contributed by atoms with Gasteiger partial charge in [0.1, 0.15) is 6.71 Å². The highest BCUT2D eigenvalue weighted by Gasteiger charge is 2.12. The second-order valence-electron chi connectivity index (χ2n) is 14.9. The molecule has 0 aromatic heterocycles. The molecule has 43 heavy (non-hydrogen) atoms. The van der Waals surface area contributed by atoms with Crippen LogP contribution in [0.15, 0.2) is 0 Å². The van der Waals surface area contributed by atoms with Crippen molar-refractivity contribution in [2.45, 2.75) is 271 Å². The molecule has 0 saturated heterocycles. The molecule has 0 aliphatic carbocycles. The van der Waals surface area contributed by atoms with E-state index in [2.05, 4.69) is 20.8 Å². The molecular formula is C42H87B. The third kappa shape index (κ3) is 38.2. The quantitative estimate of drug-likeness (QED) is 0.0485. The molecule has 0 heterocycles. The lowest BCUT2D eigenvalue weighted by atomic mass is 9.41. The predicted molar refractivity (Wildman–Crippen MR) is 203 cm³/mol. The van der Waals surface area contributed by atoms with E-state index in [4.69, 9.17) is 0 Å². The van der Waals surface area contributed by atoms with Gasteiger partial charge in [-0.05, 0) is 0 Å². The summed E-state index contributed by atoms with van der Waals surface area (Å²) in [5.74, 6) is 0. The highest BCUT2D eigenvalue weighted by molar-refractivity contribution is 6.58. The molecule has 0 spiro atoms. The fraction of sp³-hybridized carbons (Fsp3) is 1.00. The van der Waals surface area contributed by atoms with Gasteiger partial charge in [0, 0.05) is 0 Å². The molecule has 0 aromatic rings. The Morgan fingerprint density at radius 2 is 0.326 bits per heavy atom. The average Bonchev–Trinajstić information content (AvgIpc) is 3.02. The van der Waals surface area contributed by atoms with Gasteiger partial charge in [-0.3, -0.25) is 0 Å². The van der Waals surface area contributed by atoms with Gasteiger partial charge >= 0.3 is 0 Å². The van der Waals surface area contributed by atoms with Crippen LogP contribution in [-0.4, -0.2) is 6.71 Å². The van der Waals surface area contributed by atoms with Crippen molar-refractivity contribution < 1.29 is 0 Å². The molecule has 0 N–H and O–H groups in total. The summed E-state index contributed by atoms with van der Waals surface area (Å²) in [4.78, 5) is 0. The summed E-state index contributed by atoms with van der Waals surface area (Å²) in [6.45, 7) is 8.00. The highest BCUT2D eigenvalue weighted by Crippen LogP contribution is 2.21. The highest BCUT2D eigenvalue weighted by atomic mass is 14.0. The van der Waals surface area contributed by atoms with Crippen LogP contribution in [-0.2, 0) is 0 Å². The van der Waals surface area contributed by atoms with E-state index in [9.17, 15) is 0 Å². The van der Waals surface area contributed by atoms with Crippen molar-refractivity contribution >= 4 is 6.71 Å². The Balaban J connectivity index is 3.90. The van der Waals surface area contributed by atoms with Gasteiger partial charge in [-0.25, -0.2) is 0 Å². The summed E-state index contributed by atoms with van der Waals surface area (Å²) >= 11 is 0. The first-order valence-electron chi connectivity index (χ1n) is 21.3. The molecule has 0 amide bonds. The largest absolute Gasteiger partial charge is 0.139 e. The Labute approximate surface area is 277 Å². The molecule has 258 valence electrons. The van der Waals surface area contributed by atoms with E-state index < -0.39 is 0 Å². The van der Waals surface area contributed by atoms with Crippen LogP contribution in [0.4, 0.5) is 0 Å². The van der Waals surface area contributed by atoms with Crippen LogP contribution >= 0.6 is 0 Å². The Bertz CT molecular complexity index is 393. The van der Waals surface area contributed by atoms with Gasteiger partial charge in [0.05, 0.1) is 0 Å². The lowest BCUT2D eigenvalue weighted by Crippen LogP contribution is -2.12. The Morgan fingerprint density at radius 3 is 0.488 bits per heavy atom. The Kier molecular flexibility index (Phi) is 40.1. The van der Waals surface area contributed by atoms with Crippen LogP contribution < -0.4 is 0 Å². The topological polar surface area (TPSA) is 0 Å². The van der Waals surface area contributed by atoms with E-state index in [1.54, 1.807) is 0 Å². The van der Waals surface area contributed by atoms with Crippen molar-refractivity contribution in [2.24, 2.45) is 0 Å². The minimum absolute atomic E-state index is 1.04. The summed E-state index contributed by atoms with van der Waals surface area (Å²) in [5, 5.41) is 0. The standard InChI is InChI=1S/C42H87B/c1-4-7-10-13-16-19-22-25-28-31-34-37-40-43(41-38-35-32-29-26-23-20-17-14-11-8-5-2)42-39-36-33-30-27-24-21-18-15-12-9-6-3/h4-42H2,1-3H3. The Morgan fingerprint density at radius 1 is 0.186 bits per heavy atom. The third-order valence-corrected chi connectivity index (χ3v) is 10.4. The van der Waals surface area contributed by atoms with Crippen molar-refractivity contribution in [3.8, 4) is 0 Å². The molecule has 0 nitrogen and oxygen atoms in total. The smallest absolute Gasteiger partial charge is 0.0741 e. The average molecular weight is 603 g/mol. The maximum absolute atomic E-state index is 2.32. The van der Waals surface area contributed by atoms with Crippen molar-refractivity contribution in [2.75, 3.05) is 0 Å². The van der Waals surface area contributed by atoms with Gasteiger partial charge in [0.2, 0.25) is 0 Å². The lowest BCUT2D eigenvalue weighted by Gasteiger charge is -2.14. The van der Waals surface area contributed by atoms with E-state index in [0.717, 1.165) is 6.71 Å². The summed E-state index contributed by atoms with van der Waals surface area (Å²) in [7, 11) is 0.